The number of carbonyl (C=O) groups excluding carboxylic acids is 2. The lowest BCUT2D eigenvalue weighted by molar-refractivity contribution is -0.146. The molecule has 2 amide bonds. The zero-order chi connectivity index (χ0) is 22.6. The van der Waals surface area contributed by atoms with Crippen molar-refractivity contribution in [3.05, 3.63) is 59.7 Å². The van der Waals surface area contributed by atoms with Gasteiger partial charge < -0.3 is 20.5 Å². The monoisotopic (exact) mass is 432 g/mol. The van der Waals surface area contributed by atoms with Crippen LogP contribution in [0.2, 0.25) is 0 Å². The third kappa shape index (κ3) is 5.17. The Morgan fingerprint density at radius 3 is 2.16 bits per heavy atom. The maximum atomic E-state index is 14.0. The maximum Gasteiger partial charge on any atom is 0.407 e. The number of benzene rings is 2. The van der Waals surface area contributed by atoms with E-state index in [1.807, 2.05) is 59.2 Å². The number of halogens is 2. The third-order valence-corrected chi connectivity index (χ3v) is 4.99. The van der Waals surface area contributed by atoms with Crippen molar-refractivity contribution in [2.24, 2.45) is 0 Å². The van der Waals surface area contributed by atoms with Gasteiger partial charge >= 0.3 is 18.0 Å². The molecule has 0 spiro atoms. The number of fused-ring (bicyclic) bond motifs is 3. The fourth-order valence-corrected chi connectivity index (χ4v) is 3.56. The Balaban J connectivity index is 1.55. The second-order valence-corrected chi connectivity index (χ2v) is 7.36. The molecule has 31 heavy (non-hydrogen) atoms. The highest BCUT2D eigenvalue weighted by Gasteiger charge is 2.40. The molecule has 0 saturated heterocycles. The number of ether oxygens (including phenoxy) is 1. The largest absolute Gasteiger partial charge is 0.481 e. The van der Waals surface area contributed by atoms with Crippen molar-refractivity contribution in [3.8, 4) is 11.1 Å². The van der Waals surface area contributed by atoms with Crippen molar-refractivity contribution in [1.82, 2.24) is 10.6 Å². The lowest BCUT2D eigenvalue weighted by atomic mass is 9.98. The molecule has 3 N–H and O–H groups in total. The lowest BCUT2D eigenvalue weighted by Crippen LogP contribution is -2.50. The Morgan fingerprint density at radius 1 is 1.06 bits per heavy atom. The normalized spacial score (nSPS) is 13.6. The molecule has 3 rings (SSSR count). The standard InChI is InChI=1S/C22H22F2N2O5/c1-13(10-19(27)28)26-20(29)22(23,24)12-25-21(30)31-11-18-16-8-4-2-6-14(16)15-7-3-5-9-17(15)18/h2-9,13,18H,10-12H2,1H3,(H,25,30)(H,26,29)(H,27,28)/t13-/m0/s1. The van der Waals surface area contributed by atoms with E-state index in [1.165, 1.54) is 6.92 Å². The van der Waals surface area contributed by atoms with Gasteiger partial charge in [-0.2, -0.15) is 8.78 Å². The zero-order valence-corrected chi connectivity index (χ0v) is 16.7. The molecule has 0 fully saturated rings. The smallest absolute Gasteiger partial charge is 0.407 e. The molecule has 0 aliphatic heterocycles. The predicted molar refractivity (Wildman–Crippen MR) is 108 cm³/mol. The minimum absolute atomic E-state index is 0.0483. The van der Waals surface area contributed by atoms with Gasteiger partial charge in [0.05, 0.1) is 13.0 Å². The zero-order valence-electron chi connectivity index (χ0n) is 16.7. The Morgan fingerprint density at radius 2 is 1.61 bits per heavy atom. The van der Waals surface area contributed by atoms with Crippen LogP contribution in [0.1, 0.15) is 30.4 Å². The molecule has 2 aromatic rings. The molecule has 164 valence electrons. The number of carboxylic acids is 1. The van der Waals surface area contributed by atoms with Crippen LogP contribution in [0.4, 0.5) is 13.6 Å². The topological polar surface area (TPSA) is 105 Å². The van der Waals surface area contributed by atoms with Crippen LogP contribution in [-0.2, 0) is 14.3 Å². The molecule has 0 heterocycles. The van der Waals surface area contributed by atoms with Crippen molar-refractivity contribution < 1.29 is 33.0 Å². The second kappa shape index (κ2) is 9.11. The number of alkyl carbamates (subject to hydrolysis) is 1. The Bertz CT molecular complexity index is 950. The molecule has 0 bridgehead atoms. The van der Waals surface area contributed by atoms with Gasteiger partial charge in [-0.15, -0.1) is 0 Å². The molecule has 7 nitrogen and oxygen atoms in total. The molecule has 1 atom stereocenters. The minimum Gasteiger partial charge on any atom is -0.481 e. The number of hydrogen-bond donors (Lipinski definition) is 3. The quantitative estimate of drug-likeness (QED) is 0.595. The van der Waals surface area contributed by atoms with Crippen LogP contribution < -0.4 is 10.6 Å². The van der Waals surface area contributed by atoms with Crippen molar-refractivity contribution in [2.75, 3.05) is 13.2 Å². The number of amides is 2. The van der Waals surface area contributed by atoms with Gasteiger partial charge in [0.1, 0.15) is 6.61 Å². The highest BCUT2D eigenvalue weighted by molar-refractivity contribution is 5.85. The van der Waals surface area contributed by atoms with Gasteiger partial charge in [0.25, 0.3) is 5.91 Å². The van der Waals surface area contributed by atoms with E-state index in [-0.39, 0.29) is 12.5 Å². The number of nitrogens with one attached hydrogen (secondary N) is 2. The number of carboxylic acid groups (broad SMARTS) is 1. The second-order valence-electron chi connectivity index (χ2n) is 7.36. The first kappa shape index (κ1) is 22.2. The Hall–Kier alpha value is -3.49. The number of aliphatic carboxylic acids is 1. The summed E-state index contributed by atoms with van der Waals surface area (Å²) in [6.07, 6.45) is -1.57. The molecule has 9 heteroatoms. The van der Waals surface area contributed by atoms with Gasteiger partial charge in [-0.25, -0.2) is 4.79 Å². The molecular formula is C22H22F2N2O5. The summed E-state index contributed by atoms with van der Waals surface area (Å²) in [5, 5.41) is 12.4. The van der Waals surface area contributed by atoms with Crippen LogP contribution in [0.25, 0.3) is 11.1 Å². The Kier molecular flexibility index (Phi) is 6.53. The summed E-state index contributed by atoms with van der Waals surface area (Å²) >= 11 is 0. The summed E-state index contributed by atoms with van der Waals surface area (Å²) in [5.41, 5.74) is 4.03. The fourth-order valence-electron chi connectivity index (χ4n) is 3.56. The van der Waals surface area contributed by atoms with Crippen LogP contribution in [0, 0.1) is 0 Å². The third-order valence-electron chi connectivity index (χ3n) is 4.99. The highest BCUT2D eigenvalue weighted by atomic mass is 19.3. The fraction of sp³-hybridized carbons (Fsp3) is 0.318. The summed E-state index contributed by atoms with van der Waals surface area (Å²) in [4.78, 5) is 34.2. The molecule has 0 saturated carbocycles. The molecule has 0 aromatic heterocycles. The van der Waals surface area contributed by atoms with Crippen molar-refractivity contribution >= 4 is 18.0 Å². The summed E-state index contributed by atoms with van der Waals surface area (Å²) < 4.78 is 33.1. The molecule has 1 aliphatic carbocycles. The van der Waals surface area contributed by atoms with Gasteiger partial charge in [0.2, 0.25) is 0 Å². The van der Waals surface area contributed by atoms with Crippen LogP contribution in [-0.4, -0.2) is 48.2 Å². The predicted octanol–water partition coefficient (Wildman–Crippen LogP) is 3.14. The van der Waals surface area contributed by atoms with E-state index >= 15 is 0 Å². The van der Waals surface area contributed by atoms with Gasteiger partial charge in [-0.1, -0.05) is 48.5 Å². The number of hydrogen-bond acceptors (Lipinski definition) is 4. The van der Waals surface area contributed by atoms with Gasteiger partial charge in [0, 0.05) is 12.0 Å². The number of alkyl halides is 2. The average molecular weight is 432 g/mol. The van der Waals surface area contributed by atoms with E-state index in [2.05, 4.69) is 0 Å². The van der Waals surface area contributed by atoms with Crippen LogP contribution >= 0.6 is 0 Å². The first-order valence-corrected chi connectivity index (χ1v) is 9.68. The first-order valence-electron chi connectivity index (χ1n) is 9.68. The molecule has 0 unspecified atom stereocenters. The molecule has 2 aromatic carbocycles. The number of rotatable bonds is 8. The van der Waals surface area contributed by atoms with Gasteiger partial charge in [0.15, 0.2) is 0 Å². The van der Waals surface area contributed by atoms with E-state index in [9.17, 15) is 23.2 Å². The average Bonchev–Trinajstić information content (AvgIpc) is 3.04. The van der Waals surface area contributed by atoms with E-state index in [0.29, 0.717) is 0 Å². The summed E-state index contributed by atoms with van der Waals surface area (Å²) in [7, 11) is 0. The number of carbonyl (C=O) groups is 3. The van der Waals surface area contributed by atoms with Gasteiger partial charge in [-0.05, 0) is 29.2 Å². The first-order chi connectivity index (χ1) is 14.7. The summed E-state index contributed by atoms with van der Waals surface area (Å²) in [6, 6.07) is 14.4. The maximum absolute atomic E-state index is 14.0. The van der Waals surface area contributed by atoms with E-state index in [4.69, 9.17) is 9.84 Å². The summed E-state index contributed by atoms with van der Waals surface area (Å²) in [5.74, 6) is -7.04. The summed E-state index contributed by atoms with van der Waals surface area (Å²) in [6.45, 7) is -0.0242. The molecule has 1 aliphatic rings. The van der Waals surface area contributed by atoms with Crippen LogP contribution in [0.5, 0.6) is 0 Å². The SMILES string of the molecule is C[C@@H](CC(=O)O)NC(=O)C(F)(F)CNC(=O)OCC1c2ccccc2-c2ccccc21. The van der Waals surface area contributed by atoms with E-state index < -0.39 is 42.9 Å². The van der Waals surface area contributed by atoms with Crippen LogP contribution in [0.3, 0.4) is 0 Å². The van der Waals surface area contributed by atoms with Crippen molar-refractivity contribution in [3.63, 3.8) is 0 Å². The molecular weight excluding hydrogens is 410 g/mol. The van der Waals surface area contributed by atoms with Crippen LogP contribution in [0.15, 0.2) is 48.5 Å². The van der Waals surface area contributed by atoms with E-state index in [0.717, 1.165) is 22.3 Å². The van der Waals surface area contributed by atoms with Crippen molar-refractivity contribution in [1.29, 1.82) is 0 Å². The lowest BCUT2D eigenvalue weighted by Gasteiger charge is -2.20. The Labute approximate surface area is 177 Å². The van der Waals surface area contributed by atoms with Crippen molar-refractivity contribution in [2.45, 2.75) is 31.2 Å². The van der Waals surface area contributed by atoms with E-state index in [1.54, 1.807) is 0 Å². The highest BCUT2D eigenvalue weighted by Crippen LogP contribution is 2.44. The van der Waals surface area contributed by atoms with Gasteiger partial charge in [-0.3, -0.25) is 9.59 Å². The minimum atomic E-state index is -3.92. The molecule has 0 radical (unpaired) electrons.